The summed E-state index contributed by atoms with van der Waals surface area (Å²) in [5.74, 6) is 0. The second-order valence-electron chi connectivity index (χ2n) is 3.36. The lowest BCUT2D eigenvalue weighted by atomic mass is 9.89. The van der Waals surface area contributed by atoms with E-state index in [0.717, 1.165) is 10.0 Å². The summed E-state index contributed by atoms with van der Waals surface area (Å²) < 4.78 is 0.910. The van der Waals surface area contributed by atoms with Crippen LogP contribution in [0.5, 0.6) is 0 Å². The van der Waals surface area contributed by atoms with E-state index < -0.39 is 5.60 Å². The first-order valence-electron chi connectivity index (χ1n) is 4.71. The maximum Gasteiger partial charge on any atom is 0.0902 e. The lowest BCUT2D eigenvalue weighted by molar-refractivity contribution is 0.0277. The molecule has 0 bridgehead atoms. The Morgan fingerprint density at radius 1 is 1.36 bits per heavy atom. The normalized spacial score (nSPS) is 11.8. The largest absolute Gasteiger partial charge is 0.385 e. The Labute approximate surface area is 98.2 Å². The zero-order chi connectivity index (χ0) is 10.8. The first-order valence-corrected chi connectivity index (χ1v) is 5.88. The Morgan fingerprint density at radius 2 is 1.93 bits per heavy atom. The van der Waals surface area contributed by atoms with Gasteiger partial charge in [-0.3, -0.25) is 0 Å². The van der Waals surface area contributed by atoms with Gasteiger partial charge in [0.15, 0.2) is 0 Å². The van der Waals surface area contributed by atoms with Gasteiger partial charge in [0.2, 0.25) is 0 Å². The molecule has 0 amide bonds. The molecule has 0 fully saturated rings. The van der Waals surface area contributed by atoms with E-state index in [1.807, 2.05) is 26.0 Å². The summed E-state index contributed by atoms with van der Waals surface area (Å²) in [6, 6.07) is 5.49. The predicted molar refractivity (Wildman–Crippen MR) is 63.6 cm³/mol. The van der Waals surface area contributed by atoms with Crippen molar-refractivity contribution in [1.29, 1.82) is 0 Å². The fourth-order valence-electron chi connectivity index (χ4n) is 1.49. The van der Waals surface area contributed by atoms with Gasteiger partial charge in [-0.1, -0.05) is 41.4 Å². The SMILES string of the molecule is CCC(O)(CC)c1cc(Cl)ccc1Br. The number of rotatable bonds is 3. The Morgan fingerprint density at radius 3 is 2.43 bits per heavy atom. The van der Waals surface area contributed by atoms with E-state index in [4.69, 9.17) is 11.6 Å². The Bertz CT molecular complexity index is 321. The summed E-state index contributed by atoms with van der Waals surface area (Å²) in [5.41, 5.74) is 0.0963. The van der Waals surface area contributed by atoms with Gasteiger partial charge in [0.25, 0.3) is 0 Å². The van der Waals surface area contributed by atoms with Crippen molar-refractivity contribution in [2.75, 3.05) is 0 Å². The maximum absolute atomic E-state index is 10.3. The van der Waals surface area contributed by atoms with Crippen LogP contribution in [0, 0.1) is 0 Å². The number of benzene rings is 1. The highest BCUT2D eigenvalue weighted by atomic mass is 79.9. The fourth-order valence-corrected chi connectivity index (χ4v) is 2.27. The minimum Gasteiger partial charge on any atom is -0.385 e. The van der Waals surface area contributed by atoms with E-state index in [1.165, 1.54) is 0 Å². The molecule has 0 heterocycles. The van der Waals surface area contributed by atoms with Crippen LogP contribution in [0.4, 0.5) is 0 Å². The van der Waals surface area contributed by atoms with Crippen LogP contribution in [0.1, 0.15) is 32.3 Å². The van der Waals surface area contributed by atoms with Crippen molar-refractivity contribution in [1.82, 2.24) is 0 Å². The molecule has 1 aromatic carbocycles. The average Bonchev–Trinajstić information content (AvgIpc) is 2.20. The maximum atomic E-state index is 10.3. The molecule has 0 aliphatic heterocycles. The van der Waals surface area contributed by atoms with E-state index in [0.29, 0.717) is 17.9 Å². The molecule has 0 unspecified atom stereocenters. The van der Waals surface area contributed by atoms with E-state index >= 15 is 0 Å². The van der Waals surface area contributed by atoms with Crippen molar-refractivity contribution in [2.24, 2.45) is 0 Å². The molecule has 0 saturated carbocycles. The fraction of sp³-hybridized carbons (Fsp3) is 0.455. The summed E-state index contributed by atoms with van der Waals surface area (Å²) >= 11 is 9.33. The van der Waals surface area contributed by atoms with Crippen molar-refractivity contribution in [3.8, 4) is 0 Å². The molecule has 1 rings (SSSR count). The van der Waals surface area contributed by atoms with Crippen molar-refractivity contribution >= 4 is 27.5 Å². The van der Waals surface area contributed by atoms with Crippen LogP contribution in [0.3, 0.4) is 0 Å². The lowest BCUT2D eigenvalue weighted by Gasteiger charge is -2.27. The third-order valence-corrected chi connectivity index (χ3v) is 3.53. The molecule has 0 aliphatic rings. The quantitative estimate of drug-likeness (QED) is 0.881. The van der Waals surface area contributed by atoms with Crippen LogP contribution >= 0.6 is 27.5 Å². The molecule has 1 nitrogen and oxygen atoms in total. The molecular weight excluding hydrogens is 263 g/mol. The molecule has 1 N–H and O–H groups in total. The Balaban J connectivity index is 3.22. The lowest BCUT2D eigenvalue weighted by Crippen LogP contribution is -2.23. The van der Waals surface area contributed by atoms with Gasteiger partial charge >= 0.3 is 0 Å². The van der Waals surface area contributed by atoms with Crippen LogP contribution in [0.2, 0.25) is 5.02 Å². The molecule has 0 aromatic heterocycles. The summed E-state index contributed by atoms with van der Waals surface area (Å²) in [7, 11) is 0. The van der Waals surface area contributed by atoms with Crippen LogP contribution in [0.15, 0.2) is 22.7 Å². The third kappa shape index (κ3) is 2.30. The minimum absolute atomic E-state index is 0.656. The number of hydrogen-bond acceptors (Lipinski definition) is 1. The highest BCUT2D eigenvalue weighted by molar-refractivity contribution is 9.10. The van der Waals surface area contributed by atoms with Gasteiger partial charge in [-0.15, -0.1) is 0 Å². The van der Waals surface area contributed by atoms with Crippen molar-refractivity contribution in [2.45, 2.75) is 32.3 Å². The molecule has 0 saturated heterocycles. The van der Waals surface area contributed by atoms with E-state index in [-0.39, 0.29) is 0 Å². The van der Waals surface area contributed by atoms with E-state index in [2.05, 4.69) is 15.9 Å². The van der Waals surface area contributed by atoms with E-state index in [1.54, 1.807) is 6.07 Å². The predicted octanol–water partition coefficient (Wildman–Crippen LogP) is 4.11. The van der Waals surface area contributed by atoms with Crippen LogP contribution < -0.4 is 0 Å². The first-order chi connectivity index (χ1) is 6.53. The van der Waals surface area contributed by atoms with Gasteiger partial charge in [0.1, 0.15) is 0 Å². The Hall–Kier alpha value is -0.0500. The first kappa shape index (κ1) is 12.0. The van der Waals surface area contributed by atoms with Gasteiger partial charge in [0.05, 0.1) is 5.60 Å². The van der Waals surface area contributed by atoms with Gasteiger partial charge < -0.3 is 5.11 Å². The van der Waals surface area contributed by atoms with Crippen molar-refractivity contribution < 1.29 is 5.11 Å². The van der Waals surface area contributed by atoms with Crippen LogP contribution in [-0.2, 0) is 5.60 Å². The van der Waals surface area contributed by atoms with Crippen LogP contribution in [-0.4, -0.2) is 5.11 Å². The summed E-state index contributed by atoms with van der Waals surface area (Å²) in [6.45, 7) is 3.94. The average molecular weight is 278 g/mol. The zero-order valence-electron chi connectivity index (χ0n) is 8.35. The van der Waals surface area contributed by atoms with E-state index in [9.17, 15) is 5.11 Å². The highest BCUT2D eigenvalue weighted by Crippen LogP contribution is 2.35. The molecular formula is C11H14BrClO. The topological polar surface area (TPSA) is 20.2 Å². The smallest absolute Gasteiger partial charge is 0.0902 e. The molecule has 78 valence electrons. The van der Waals surface area contributed by atoms with Crippen molar-refractivity contribution in [3.05, 3.63) is 33.3 Å². The summed E-state index contributed by atoms with van der Waals surface area (Å²) in [4.78, 5) is 0. The van der Waals surface area contributed by atoms with Crippen LogP contribution in [0.25, 0.3) is 0 Å². The summed E-state index contributed by atoms with van der Waals surface area (Å²) in [5, 5.41) is 11.0. The highest BCUT2D eigenvalue weighted by Gasteiger charge is 2.27. The number of aliphatic hydroxyl groups is 1. The third-order valence-electron chi connectivity index (χ3n) is 2.60. The number of halogens is 2. The molecule has 0 aliphatic carbocycles. The van der Waals surface area contributed by atoms with Crippen molar-refractivity contribution in [3.63, 3.8) is 0 Å². The minimum atomic E-state index is -0.774. The molecule has 3 heteroatoms. The molecule has 1 aromatic rings. The van der Waals surface area contributed by atoms with Gasteiger partial charge in [-0.05, 0) is 36.6 Å². The zero-order valence-corrected chi connectivity index (χ0v) is 10.7. The number of hydrogen-bond donors (Lipinski definition) is 1. The molecule has 14 heavy (non-hydrogen) atoms. The standard InChI is InChI=1S/C11H14BrClO/c1-3-11(14,4-2)9-7-8(13)5-6-10(9)12/h5-7,14H,3-4H2,1-2H3. The summed E-state index contributed by atoms with van der Waals surface area (Å²) in [6.07, 6.45) is 1.37. The molecule has 0 radical (unpaired) electrons. The molecule has 0 atom stereocenters. The molecule has 0 spiro atoms. The van der Waals surface area contributed by atoms with Gasteiger partial charge in [-0.25, -0.2) is 0 Å². The van der Waals surface area contributed by atoms with Gasteiger partial charge in [-0.2, -0.15) is 0 Å². The Kier molecular flexibility index (Phi) is 3.99. The second-order valence-corrected chi connectivity index (χ2v) is 4.65. The monoisotopic (exact) mass is 276 g/mol. The second kappa shape index (κ2) is 4.65. The van der Waals surface area contributed by atoms with Gasteiger partial charge in [0, 0.05) is 9.50 Å².